The third-order valence-corrected chi connectivity index (χ3v) is 1.84. The molecule has 0 bridgehead atoms. The van der Waals surface area contributed by atoms with Gasteiger partial charge in [-0.05, 0) is 13.8 Å². The second-order valence-electron chi connectivity index (χ2n) is 2.85. The van der Waals surface area contributed by atoms with Gasteiger partial charge in [-0.25, -0.2) is 9.69 Å². The van der Waals surface area contributed by atoms with Gasteiger partial charge in [-0.3, -0.25) is 4.79 Å². The highest BCUT2D eigenvalue weighted by Gasteiger charge is 2.24. The van der Waals surface area contributed by atoms with E-state index in [9.17, 15) is 9.59 Å². The van der Waals surface area contributed by atoms with E-state index in [2.05, 4.69) is 5.16 Å². The zero-order valence-corrected chi connectivity index (χ0v) is 9.29. The first-order valence-corrected chi connectivity index (χ1v) is 3.89. The summed E-state index contributed by atoms with van der Waals surface area (Å²) in [7, 11) is 1.18. The molecule has 1 aromatic heterocycles. The van der Waals surface area contributed by atoms with Crippen molar-refractivity contribution in [2.24, 2.45) is 0 Å². The van der Waals surface area contributed by atoms with Gasteiger partial charge in [0.05, 0.1) is 5.69 Å². The van der Waals surface area contributed by atoms with Crippen LogP contribution in [0.25, 0.3) is 0 Å². The van der Waals surface area contributed by atoms with Gasteiger partial charge in [0, 0.05) is 7.05 Å². The summed E-state index contributed by atoms with van der Waals surface area (Å²) >= 11 is 0. The van der Waals surface area contributed by atoms with Gasteiger partial charge >= 0.3 is 6.09 Å². The van der Waals surface area contributed by atoms with E-state index in [4.69, 9.17) is 9.63 Å². The Morgan fingerprint density at radius 1 is 1.40 bits per heavy atom. The lowest BCUT2D eigenvalue weighted by molar-refractivity contribution is 0.0779. The SMILES string of the molecule is Cc1noc(C)c1C(=O)N(C)C(=O)O.Cl. The van der Waals surface area contributed by atoms with Crippen LogP contribution in [-0.4, -0.2) is 34.2 Å². The van der Waals surface area contributed by atoms with Crippen molar-refractivity contribution in [3.63, 3.8) is 0 Å². The topological polar surface area (TPSA) is 83.6 Å². The molecule has 1 N–H and O–H groups in total. The molecule has 0 fully saturated rings. The molecule has 1 heterocycles. The minimum Gasteiger partial charge on any atom is -0.465 e. The molecule has 0 aliphatic heterocycles. The average Bonchev–Trinajstić information content (AvgIpc) is 2.44. The fourth-order valence-electron chi connectivity index (χ4n) is 1.04. The molecule has 6 nitrogen and oxygen atoms in total. The second kappa shape index (κ2) is 4.79. The van der Waals surface area contributed by atoms with Gasteiger partial charge in [-0.1, -0.05) is 5.16 Å². The third-order valence-electron chi connectivity index (χ3n) is 1.84. The van der Waals surface area contributed by atoms with Crippen LogP contribution < -0.4 is 0 Å². The molecule has 0 radical (unpaired) electrons. The van der Waals surface area contributed by atoms with Crippen LogP contribution >= 0.6 is 12.4 Å². The number of imide groups is 1. The average molecular weight is 235 g/mol. The Kier molecular flexibility index (Phi) is 4.29. The molecule has 2 amide bonds. The van der Waals surface area contributed by atoms with E-state index in [-0.39, 0.29) is 18.0 Å². The lowest BCUT2D eigenvalue weighted by Gasteiger charge is -2.09. The lowest BCUT2D eigenvalue weighted by atomic mass is 10.2. The van der Waals surface area contributed by atoms with Crippen molar-refractivity contribution in [2.45, 2.75) is 13.8 Å². The summed E-state index contributed by atoms with van der Waals surface area (Å²) in [5, 5.41) is 12.2. The minimum absolute atomic E-state index is 0. The molecule has 7 heteroatoms. The van der Waals surface area contributed by atoms with Gasteiger partial charge in [0.15, 0.2) is 0 Å². The summed E-state index contributed by atoms with van der Waals surface area (Å²) in [6.07, 6.45) is -1.31. The molecule has 1 rings (SSSR count). The Morgan fingerprint density at radius 2 is 1.93 bits per heavy atom. The molecule has 0 saturated carbocycles. The van der Waals surface area contributed by atoms with Gasteiger partial charge in [-0.2, -0.15) is 0 Å². The van der Waals surface area contributed by atoms with E-state index < -0.39 is 12.0 Å². The van der Waals surface area contributed by atoms with E-state index in [0.29, 0.717) is 16.4 Å². The van der Waals surface area contributed by atoms with Crippen LogP contribution in [0.2, 0.25) is 0 Å². The van der Waals surface area contributed by atoms with Crippen LogP contribution in [0, 0.1) is 13.8 Å². The Hall–Kier alpha value is -1.56. The maximum absolute atomic E-state index is 11.5. The Bertz CT molecular complexity index is 368. The number of hydrogen-bond donors (Lipinski definition) is 1. The molecule has 0 aromatic carbocycles. The molecule has 0 aliphatic carbocycles. The Balaban J connectivity index is 0.00000196. The van der Waals surface area contributed by atoms with Crippen LogP contribution in [0.1, 0.15) is 21.8 Å². The zero-order valence-electron chi connectivity index (χ0n) is 8.47. The monoisotopic (exact) mass is 234 g/mol. The van der Waals surface area contributed by atoms with E-state index >= 15 is 0 Å². The Labute approximate surface area is 92.3 Å². The summed E-state index contributed by atoms with van der Waals surface area (Å²) in [5.41, 5.74) is 0.593. The quantitative estimate of drug-likeness (QED) is 0.795. The lowest BCUT2D eigenvalue weighted by Crippen LogP contribution is -2.32. The van der Waals surface area contributed by atoms with Crippen LogP contribution in [0.4, 0.5) is 4.79 Å². The van der Waals surface area contributed by atoms with Gasteiger partial charge in [0.1, 0.15) is 11.3 Å². The predicted octanol–water partition coefficient (Wildman–Crippen LogP) is 1.46. The molecule has 0 spiro atoms. The van der Waals surface area contributed by atoms with E-state index in [1.165, 1.54) is 7.05 Å². The van der Waals surface area contributed by atoms with Gasteiger partial charge < -0.3 is 9.63 Å². The minimum atomic E-state index is -1.31. The third kappa shape index (κ3) is 2.47. The van der Waals surface area contributed by atoms with Crippen molar-refractivity contribution in [1.29, 1.82) is 0 Å². The summed E-state index contributed by atoms with van der Waals surface area (Å²) in [4.78, 5) is 22.6. The second-order valence-corrected chi connectivity index (χ2v) is 2.85. The molecular formula is C8H11ClN2O4. The number of carbonyl (C=O) groups excluding carboxylic acids is 1. The number of carbonyl (C=O) groups is 2. The van der Waals surface area contributed by atoms with E-state index in [0.717, 1.165) is 0 Å². The highest BCUT2D eigenvalue weighted by atomic mass is 35.5. The van der Waals surface area contributed by atoms with Crippen LogP contribution in [0.5, 0.6) is 0 Å². The molecule has 0 aliphatic rings. The molecule has 0 atom stereocenters. The number of halogens is 1. The number of rotatable bonds is 1. The molecule has 0 unspecified atom stereocenters. The number of amides is 2. The first-order chi connectivity index (χ1) is 6.45. The van der Waals surface area contributed by atoms with Crippen LogP contribution in [0.3, 0.4) is 0 Å². The number of aryl methyl sites for hydroxylation is 2. The first kappa shape index (κ1) is 13.4. The molecule has 1 aromatic rings. The molecule has 15 heavy (non-hydrogen) atoms. The molecule has 84 valence electrons. The smallest absolute Gasteiger partial charge is 0.414 e. The van der Waals surface area contributed by atoms with Crippen LogP contribution in [-0.2, 0) is 0 Å². The van der Waals surface area contributed by atoms with E-state index in [1.54, 1.807) is 13.8 Å². The fourth-order valence-corrected chi connectivity index (χ4v) is 1.04. The summed E-state index contributed by atoms with van der Waals surface area (Å²) < 4.78 is 4.76. The van der Waals surface area contributed by atoms with Crippen molar-refractivity contribution in [1.82, 2.24) is 10.1 Å². The number of aromatic nitrogens is 1. The predicted molar refractivity (Wildman–Crippen MR) is 53.3 cm³/mol. The summed E-state index contributed by atoms with van der Waals surface area (Å²) in [6.45, 7) is 3.14. The molecular weight excluding hydrogens is 224 g/mol. The highest BCUT2D eigenvalue weighted by Crippen LogP contribution is 2.14. The number of nitrogens with zero attached hydrogens (tertiary/aromatic N) is 2. The maximum atomic E-state index is 11.5. The zero-order chi connectivity index (χ0) is 10.9. The van der Waals surface area contributed by atoms with Crippen molar-refractivity contribution in [3.8, 4) is 0 Å². The highest BCUT2D eigenvalue weighted by molar-refractivity contribution is 6.03. The van der Waals surface area contributed by atoms with Gasteiger partial charge in [0.2, 0.25) is 0 Å². The van der Waals surface area contributed by atoms with Crippen molar-refractivity contribution >= 4 is 24.4 Å². The first-order valence-electron chi connectivity index (χ1n) is 3.89. The van der Waals surface area contributed by atoms with Gasteiger partial charge in [0.25, 0.3) is 5.91 Å². The van der Waals surface area contributed by atoms with Crippen LogP contribution in [0.15, 0.2) is 4.52 Å². The summed E-state index contributed by atoms with van der Waals surface area (Å²) in [6, 6.07) is 0. The fraction of sp³-hybridized carbons (Fsp3) is 0.375. The standard InChI is InChI=1S/C8H10N2O4.ClH/c1-4-6(5(2)14-9-4)7(11)10(3)8(12)13;/h1-3H3,(H,12,13);1H. The van der Waals surface area contributed by atoms with E-state index in [1.807, 2.05) is 0 Å². The maximum Gasteiger partial charge on any atom is 0.414 e. The molecule has 0 saturated heterocycles. The number of carboxylic acid groups (broad SMARTS) is 1. The normalized spacial score (nSPS) is 9.27. The number of hydrogen-bond acceptors (Lipinski definition) is 4. The van der Waals surface area contributed by atoms with Gasteiger partial charge in [-0.15, -0.1) is 12.4 Å². The van der Waals surface area contributed by atoms with Crippen molar-refractivity contribution < 1.29 is 19.2 Å². The van der Waals surface area contributed by atoms with Crippen molar-refractivity contribution in [2.75, 3.05) is 7.05 Å². The largest absolute Gasteiger partial charge is 0.465 e. The summed E-state index contributed by atoms with van der Waals surface area (Å²) in [5.74, 6) is -0.311. The van der Waals surface area contributed by atoms with Crippen molar-refractivity contribution in [3.05, 3.63) is 17.0 Å². The Morgan fingerprint density at radius 3 is 2.27 bits per heavy atom.